The van der Waals surface area contributed by atoms with Gasteiger partial charge in [-0.1, -0.05) is 0 Å². The lowest BCUT2D eigenvalue weighted by Gasteiger charge is -1.92. The minimum Gasteiger partial charge on any atom is -0.159 e. The normalized spacial score (nSPS) is 20.6. The van der Waals surface area contributed by atoms with E-state index in [9.17, 15) is 0 Å². The zero-order valence-electron chi connectivity index (χ0n) is 6.40. The standard InChI is InChI=1S/C7H8BrN3S/c8-6-3-9-11(4-6)10-7-1-2-12-5-7/h3-4H,1-2,5H2/b10-7-. The van der Waals surface area contributed by atoms with E-state index in [2.05, 4.69) is 26.1 Å². The molecule has 0 aromatic carbocycles. The first-order chi connectivity index (χ1) is 5.84. The average molecular weight is 246 g/mol. The first-order valence-electron chi connectivity index (χ1n) is 3.69. The molecule has 0 spiro atoms. The number of thioether (sulfide) groups is 1. The summed E-state index contributed by atoms with van der Waals surface area (Å²) < 4.78 is 0.970. The molecule has 3 nitrogen and oxygen atoms in total. The Hall–Kier alpha value is -0.290. The molecule has 0 radical (unpaired) electrons. The number of hydrogen-bond donors (Lipinski definition) is 0. The molecule has 64 valence electrons. The largest absolute Gasteiger partial charge is 0.159 e. The van der Waals surface area contributed by atoms with Gasteiger partial charge in [-0.25, -0.2) is 0 Å². The Morgan fingerprint density at radius 1 is 1.67 bits per heavy atom. The third kappa shape index (κ3) is 1.90. The SMILES string of the molecule is Brc1cnn(/N=C2/CCSC2)c1. The summed E-state index contributed by atoms with van der Waals surface area (Å²) in [6, 6.07) is 0. The number of rotatable bonds is 1. The molecule has 0 N–H and O–H groups in total. The lowest BCUT2D eigenvalue weighted by molar-refractivity contribution is 0.737. The molecule has 0 unspecified atom stereocenters. The fraction of sp³-hybridized carbons (Fsp3) is 0.429. The zero-order chi connectivity index (χ0) is 8.39. The summed E-state index contributed by atoms with van der Waals surface area (Å²) >= 11 is 5.25. The van der Waals surface area contributed by atoms with Gasteiger partial charge in [0, 0.05) is 5.75 Å². The highest BCUT2D eigenvalue weighted by Crippen LogP contribution is 2.15. The number of hydrogen-bond acceptors (Lipinski definition) is 3. The van der Waals surface area contributed by atoms with Crippen molar-refractivity contribution in [2.75, 3.05) is 11.5 Å². The summed E-state index contributed by atoms with van der Waals surface area (Å²) in [5.41, 5.74) is 1.23. The van der Waals surface area contributed by atoms with Gasteiger partial charge in [0.1, 0.15) is 0 Å². The molecule has 1 aliphatic rings. The molecule has 0 atom stereocenters. The second-order valence-corrected chi connectivity index (χ2v) is 4.57. The number of halogens is 1. The van der Waals surface area contributed by atoms with E-state index in [1.54, 1.807) is 11.0 Å². The van der Waals surface area contributed by atoms with Gasteiger partial charge in [-0.2, -0.15) is 26.8 Å². The van der Waals surface area contributed by atoms with Crippen LogP contribution in [-0.4, -0.2) is 27.1 Å². The molecule has 0 aliphatic carbocycles. The Bertz CT molecular complexity index is 299. The predicted octanol–water partition coefficient (Wildman–Crippen LogP) is 1.99. The van der Waals surface area contributed by atoms with Crippen molar-refractivity contribution in [3.05, 3.63) is 16.9 Å². The zero-order valence-corrected chi connectivity index (χ0v) is 8.81. The van der Waals surface area contributed by atoms with Crippen molar-refractivity contribution in [3.63, 3.8) is 0 Å². The van der Waals surface area contributed by atoms with Gasteiger partial charge in [0.25, 0.3) is 0 Å². The minimum absolute atomic E-state index is 0.970. The Morgan fingerprint density at radius 2 is 2.58 bits per heavy atom. The van der Waals surface area contributed by atoms with Crippen LogP contribution in [0.3, 0.4) is 0 Å². The van der Waals surface area contributed by atoms with Crippen LogP contribution in [0.15, 0.2) is 22.0 Å². The first kappa shape index (κ1) is 8.31. The summed E-state index contributed by atoms with van der Waals surface area (Å²) in [6.07, 6.45) is 4.70. The Kier molecular flexibility index (Phi) is 2.51. The topological polar surface area (TPSA) is 30.2 Å². The molecule has 0 saturated carbocycles. The van der Waals surface area contributed by atoms with Crippen LogP contribution >= 0.6 is 27.7 Å². The van der Waals surface area contributed by atoms with Crippen LogP contribution in [0.1, 0.15) is 6.42 Å². The van der Waals surface area contributed by atoms with Crippen molar-refractivity contribution >= 4 is 33.4 Å². The molecule has 1 fully saturated rings. The van der Waals surface area contributed by atoms with Gasteiger partial charge in [0.15, 0.2) is 0 Å². The molecular weight excluding hydrogens is 238 g/mol. The van der Waals surface area contributed by atoms with E-state index in [0.717, 1.165) is 16.6 Å². The average Bonchev–Trinajstić information content (AvgIpc) is 2.63. The van der Waals surface area contributed by atoms with Crippen molar-refractivity contribution in [2.24, 2.45) is 5.10 Å². The lowest BCUT2D eigenvalue weighted by Crippen LogP contribution is -1.99. The van der Waals surface area contributed by atoms with Gasteiger partial charge < -0.3 is 0 Å². The van der Waals surface area contributed by atoms with Gasteiger partial charge in [-0.15, -0.1) is 0 Å². The molecule has 1 aliphatic heterocycles. The van der Waals surface area contributed by atoms with Crippen LogP contribution in [0.2, 0.25) is 0 Å². The van der Waals surface area contributed by atoms with Crippen molar-refractivity contribution in [2.45, 2.75) is 6.42 Å². The monoisotopic (exact) mass is 245 g/mol. The van der Waals surface area contributed by atoms with Gasteiger partial charge in [-0.3, -0.25) is 0 Å². The molecule has 1 aromatic rings. The second-order valence-electron chi connectivity index (χ2n) is 2.55. The molecule has 0 amide bonds. The molecule has 1 saturated heterocycles. The van der Waals surface area contributed by atoms with Gasteiger partial charge >= 0.3 is 0 Å². The smallest absolute Gasteiger partial charge is 0.0654 e. The molecule has 2 heterocycles. The summed E-state index contributed by atoms with van der Waals surface area (Å²) in [4.78, 5) is 1.62. The number of aromatic nitrogens is 2. The molecular formula is C7H8BrN3S. The van der Waals surface area contributed by atoms with Crippen LogP contribution < -0.4 is 0 Å². The minimum atomic E-state index is 0.970. The van der Waals surface area contributed by atoms with Crippen LogP contribution in [0.25, 0.3) is 0 Å². The van der Waals surface area contributed by atoms with Crippen molar-refractivity contribution in [1.29, 1.82) is 0 Å². The quantitative estimate of drug-likeness (QED) is 0.758. The van der Waals surface area contributed by atoms with Crippen LogP contribution in [0.5, 0.6) is 0 Å². The maximum absolute atomic E-state index is 4.35. The second kappa shape index (κ2) is 3.62. The predicted molar refractivity (Wildman–Crippen MR) is 54.7 cm³/mol. The summed E-state index contributed by atoms with van der Waals surface area (Å²) in [5.74, 6) is 2.25. The van der Waals surface area contributed by atoms with Crippen molar-refractivity contribution in [1.82, 2.24) is 9.89 Å². The first-order valence-corrected chi connectivity index (χ1v) is 5.64. The number of nitrogens with zero attached hydrogens (tertiary/aromatic N) is 3. The van der Waals surface area contributed by atoms with Gasteiger partial charge in [-0.05, 0) is 28.1 Å². The molecule has 12 heavy (non-hydrogen) atoms. The highest BCUT2D eigenvalue weighted by atomic mass is 79.9. The van der Waals surface area contributed by atoms with Crippen molar-refractivity contribution < 1.29 is 0 Å². The van der Waals surface area contributed by atoms with E-state index >= 15 is 0 Å². The third-order valence-electron chi connectivity index (χ3n) is 1.59. The third-order valence-corrected chi connectivity index (χ3v) is 3.03. The summed E-state index contributed by atoms with van der Waals surface area (Å²) in [7, 11) is 0. The van der Waals surface area contributed by atoms with Crippen LogP contribution in [0, 0.1) is 0 Å². The Balaban J connectivity index is 2.15. The molecule has 1 aromatic heterocycles. The van der Waals surface area contributed by atoms with E-state index in [-0.39, 0.29) is 0 Å². The molecule has 5 heteroatoms. The highest BCUT2D eigenvalue weighted by Gasteiger charge is 2.08. The Morgan fingerprint density at radius 3 is 3.17 bits per heavy atom. The van der Waals surface area contributed by atoms with E-state index in [1.807, 2.05) is 18.0 Å². The van der Waals surface area contributed by atoms with E-state index < -0.39 is 0 Å². The Labute approximate surface area is 83.3 Å². The van der Waals surface area contributed by atoms with Gasteiger partial charge in [0.05, 0.1) is 22.6 Å². The fourth-order valence-electron chi connectivity index (χ4n) is 1.02. The fourth-order valence-corrected chi connectivity index (χ4v) is 2.26. The van der Waals surface area contributed by atoms with Crippen LogP contribution in [-0.2, 0) is 0 Å². The maximum atomic E-state index is 4.35. The van der Waals surface area contributed by atoms with E-state index in [0.29, 0.717) is 0 Å². The molecule has 2 rings (SSSR count). The summed E-state index contributed by atoms with van der Waals surface area (Å²) in [5, 5.41) is 8.40. The van der Waals surface area contributed by atoms with E-state index in [4.69, 9.17) is 0 Å². The lowest BCUT2D eigenvalue weighted by atomic mass is 10.3. The molecule has 0 bridgehead atoms. The van der Waals surface area contributed by atoms with Gasteiger partial charge in [0.2, 0.25) is 0 Å². The van der Waals surface area contributed by atoms with Crippen LogP contribution in [0.4, 0.5) is 0 Å². The maximum Gasteiger partial charge on any atom is 0.0654 e. The summed E-state index contributed by atoms with van der Waals surface area (Å²) in [6.45, 7) is 0. The highest BCUT2D eigenvalue weighted by molar-refractivity contribution is 9.10. The van der Waals surface area contributed by atoms with E-state index in [1.165, 1.54) is 11.5 Å². The van der Waals surface area contributed by atoms with Crippen molar-refractivity contribution in [3.8, 4) is 0 Å².